The standard InChI is InChI=1S/C14H23N3/c1-11-13(15)4-3-5-14(11)16-10-12-6-8-17(2)9-7-12/h3-5,12,16H,6-10,15H2,1-2H3. The van der Waals surface area contributed by atoms with E-state index in [0.29, 0.717) is 0 Å². The fourth-order valence-electron chi connectivity index (χ4n) is 2.37. The van der Waals surface area contributed by atoms with Crippen molar-refractivity contribution < 1.29 is 0 Å². The highest BCUT2D eigenvalue weighted by Gasteiger charge is 2.16. The lowest BCUT2D eigenvalue weighted by atomic mass is 9.97. The summed E-state index contributed by atoms with van der Waals surface area (Å²) in [5.74, 6) is 0.798. The lowest BCUT2D eigenvalue weighted by Crippen LogP contribution is -2.33. The molecule has 1 aromatic carbocycles. The minimum absolute atomic E-state index is 0.798. The van der Waals surface area contributed by atoms with E-state index < -0.39 is 0 Å². The van der Waals surface area contributed by atoms with Gasteiger partial charge in [0.1, 0.15) is 0 Å². The lowest BCUT2D eigenvalue weighted by molar-refractivity contribution is 0.226. The number of rotatable bonds is 3. The van der Waals surface area contributed by atoms with E-state index in [4.69, 9.17) is 5.73 Å². The molecule has 0 aliphatic carbocycles. The summed E-state index contributed by atoms with van der Waals surface area (Å²) in [4.78, 5) is 2.41. The van der Waals surface area contributed by atoms with Crippen LogP contribution in [0.5, 0.6) is 0 Å². The Morgan fingerprint density at radius 1 is 1.35 bits per heavy atom. The number of hydrogen-bond acceptors (Lipinski definition) is 3. The minimum atomic E-state index is 0.798. The van der Waals surface area contributed by atoms with Gasteiger partial charge < -0.3 is 16.0 Å². The van der Waals surface area contributed by atoms with Gasteiger partial charge in [-0.15, -0.1) is 0 Å². The molecule has 0 atom stereocenters. The predicted molar refractivity (Wildman–Crippen MR) is 74.3 cm³/mol. The molecular formula is C14H23N3. The summed E-state index contributed by atoms with van der Waals surface area (Å²) < 4.78 is 0. The predicted octanol–water partition coefficient (Wildman–Crippen LogP) is 2.33. The van der Waals surface area contributed by atoms with Crippen molar-refractivity contribution in [3.8, 4) is 0 Å². The van der Waals surface area contributed by atoms with Crippen molar-refractivity contribution in [3.05, 3.63) is 23.8 Å². The Morgan fingerprint density at radius 3 is 2.76 bits per heavy atom. The first-order valence-corrected chi connectivity index (χ1v) is 6.44. The van der Waals surface area contributed by atoms with Crippen LogP contribution in [0.1, 0.15) is 18.4 Å². The summed E-state index contributed by atoms with van der Waals surface area (Å²) in [6.07, 6.45) is 2.59. The van der Waals surface area contributed by atoms with Gasteiger partial charge >= 0.3 is 0 Å². The third kappa shape index (κ3) is 3.13. The van der Waals surface area contributed by atoms with Crippen molar-refractivity contribution >= 4 is 11.4 Å². The molecule has 0 radical (unpaired) electrons. The normalized spacial score (nSPS) is 18.2. The SMILES string of the molecule is Cc1c(N)cccc1NCC1CCN(C)CC1. The van der Waals surface area contributed by atoms with E-state index in [1.54, 1.807) is 0 Å². The van der Waals surface area contributed by atoms with Crippen molar-refractivity contribution in [2.45, 2.75) is 19.8 Å². The molecule has 17 heavy (non-hydrogen) atoms. The monoisotopic (exact) mass is 233 g/mol. The third-order valence-electron chi connectivity index (χ3n) is 3.80. The van der Waals surface area contributed by atoms with Crippen LogP contribution in [0.25, 0.3) is 0 Å². The van der Waals surface area contributed by atoms with E-state index in [1.165, 1.54) is 37.2 Å². The molecule has 0 unspecified atom stereocenters. The molecule has 3 nitrogen and oxygen atoms in total. The number of likely N-dealkylation sites (tertiary alicyclic amines) is 1. The second-order valence-corrected chi connectivity index (χ2v) is 5.15. The van der Waals surface area contributed by atoms with Gasteiger partial charge in [0.05, 0.1) is 0 Å². The van der Waals surface area contributed by atoms with Gasteiger partial charge in [0, 0.05) is 17.9 Å². The van der Waals surface area contributed by atoms with Crippen molar-refractivity contribution in [1.82, 2.24) is 4.90 Å². The smallest absolute Gasteiger partial charge is 0.0390 e. The molecule has 1 aliphatic heterocycles. The van der Waals surface area contributed by atoms with E-state index >= 15 is 0 Å². The first kappa shape index (κ1) is 12.2. The van der Waals surface area contributed by atoms with Crippen LogP contribution >= 0.6 is 0 Å². The highest BCUT2D eigenvalue weighted by Crippen LogP contribution is 2.22. The topological polar surface area (TPSA) is 41.3 Å². The molecule has 3 heteroatoms. The molecule has 3 N–H and O–H groups in total. The largest absolute Gasteiger partial charge is 0.398 e. The second kappa shape index (κ2) is 5.41. The highest BCUT2D eigenvalue weighted by atomic mass is 15.1. The molecule has 0 amide bonds. The van der Waals surface area contributed by atoms with E-state index in [9.17, 15) is 0 Å². The molecule has 0 saturated carbocycles. The zero-order valence-electron chi connectivity index (χ0n) is 10.9. The average molecular weight is 233 g/mol. The third-order valence-corrected chi connectivity index (χ3v) is 3.80. The van der Waals surface area contributed by atoms with Crippen LogP contribution in [-0.4, -0.2) is 31.6 Å². The summed E-state index contributed by atoms with van der Waals surface area (Å²) in [7, 11) is 2.20. The number of nitrogens with zero attached hydrogens (tertiary/aromatic N) is 1. The number of nitrogens with one attached hydrogen (secondary N) is 1. The lowest BCUT2D eigenvalue weighted by Gasteiger charge is -2.29. The molecule has 2 rings (SSSR count). The summed E-state index contributed by atoms with van der Waals surface area (Å²) >= 11 is 0. The molecule has 0 spiro atoms. The molecule has 0 bridgehead atoms. The van der Waals surface area contributed by atoms with E-state index in [0.717, 1.165) is 18.2 Å². The number of piperidine rings is 1. The van der Waals surface area contributed by atoms with Crippen LogP contribution in [0.2, 0.25) is 0 Å². The molecule has 1 aromatic rings. The van der Waals surface area contributed by atoms with Crippen LogP contribution in [-0.2, 0) is 0 Å². The Kier molecular flexibility index (Phi) is 3.89. The Balaban J connectivity index is 1.87. The molecular weight excluding hydrogens is 210 g/mol. The molecule has 1 aliphatic rings. The van der Waals surface area contributed by atoms with Crippen LogP contribution in [0.15, 0.2) is 18.2 Å². The molecule has 94 valence electrons. The Hall–Kier alpha value is -1.22. The van der Waals surface area contributed by atoms with Crippen molar-refractivity contribution in [2.24, 2.45) is 5.92 Å². The summed E-state index contributed by atoms with van der Waals surface area (Å²) in [6.45, 7) is 5.59. The van der Waals surface area contributed by atoms with Gasteiger partial charge in [0.25, 0.3) is 0 Å². The van der Waals surface area contributed by atoms with Gasteiger partial charge in [-0.25, -0.2) is 0 Å². The van der Waals surface area contributed by atoms with Crippen molar-refractivity contribution in [3.63, 3.8) is 0 Å². The van der Waals surface area contributed by atoms with Crippen molar-refractivity contribution in [1.29, 1.82) is 0 Å². The number of nitrogen functional groups attached to an aromatic ring is 1. The second-order valence-electron chi connectivity index (χ2n) is 5.15. The molecule has 1 saturated heterocycles. The fraction of sp³-hybridized carbons (Fsp3) is 0.571. The highest BCUT2D eigenvalue weighted by molar-refractivity contribution is 5.62. The van der Waals surface area contributed by atoms with Gasteiger partial charge in [-0.1, -0.05) is 6.07 Å². The zero-order valence-corrected chi connectivity index (χ0v) is 10.9. The first-order chi connectivity index (χ1) is 8.16. The summed E-state index contributed by atoms with van der Waals surface area (Å²) in [5, 5.41) is 3.54. The quantitative estimate of drug-likeness (QED) is 0.787. The van der Waals surface area contributed by atoms with Crippen LogP contribution < -0.4 is 11.1 Å². The number of anilines is 2. The van der Waals surface area contributed by atoms with Gasteiger partial charge in [-0.05, 0) is 63.5 Å². The van der Waals surface area contributed by atoms with E-state index in [-0.39, 0.29) is 0 Å². The number of hydrogen-bond donors (Lipinski definition) is 2. The Morgan fingerprint density at radius 2 is 2.06 bits per heavy atom. The van der Waals surface area contributed by atoms with Crippen LogP contribution in [0.3, 0.4) is 0 Å². The zero-order chi connectivity index (χ0) is 12.3. The molecule has 1 heterocycles. The maximum atomic E-state index is 5.90. The maximum absolute atomic E-state index is 5.90. The van der Waals surface area contributed by atoms with Gasteiger partial charge in [0.15, 0.2) is 0 Å². The fourth-order valence-corrected chi connectivity index (χ4v) is 2.37. The van der Waals surface area contributed by atoms with E-state index in [1.807, 2.05) is 12.1 Å². The van der Waals surface area contributed by atoms with Gasteiger partial charge in [-0.2, -0.15) is 0 Å². The minimum Gasteiger partial charge on any atom is -0.398 e. The van der Waals surface area contributed by atoms with E-state index in [2.05, 4.69) is 30.3 Å². The maximum Gasteiger partial charge on any atom is 0.0390 e. The van der Waals surface area contributed by atoms with Gasteiger partial charge in [0.2, 0.25) is 0 Å². The Bertz CT molecular complexity index is 368. The van der Waals surface area contributed by atoms with Crippen LogP contribution in [0.4, 0.5) is 11.4 Å². The van der Waals surface area contributed by atoms with Crippen LogP contribution in [0, 0.1) is 12.8 Å². The van der Waals surface area contributed by atoms with Gasteiger partial charge in [-0.3, -0.25) is 0 Å². The first-order valence-electron chi connectivity index (χ1n) is 6.44. The van der Waals surface area contributed by atoms with Crippen molar-refractivity contribution in [2.75, 3.05) is 37.7 Å². The Labute approximate surface area is 104 Å². The molecule has 1 fully saturated rings. The number of benzene rings is 1. The number of nitrogens with two attached hydrogens (primary N) is 1. The molecule has 0 aromatic heterocycles. The summed E-state index contributed by atoms with van der Waals surface area (Å²) in [5.41, 5.74) is 9.13. The summed E-state index contributed by atoms with van der Waals surface area (Å²) in [6, 6.07) is 6.08. The average Bonchev–Trinajstić information content (AvgIpc) is 2.33.